The first-order valence-corrected chi connectivity index (χ1v) is 5.79. The molecular formula is C10H13N5O5. The van der Waals surface area contributed by atoms with Gasteiger partial charge < -0.3 is 19.9 Å². The van der Waals surface area contributed by atoms with E-state index in [1.807, 2.05) is 0 Å². The zero-order valence-electron chi connectivity index (χ0n) is 10.5. The molecule has 1 aromatic rings. The third-order valence-corrected chi connectivity index (χ3v) is 3.29. The van der Waals surface area contributed by atoms with Gasteiger partial charge in [0.25, 0.3) is 5.56 Å². The Morgan fingerprint density at radius 3 is 2.85 bits per heavy atom. The average molecular weight is 283 g/mol. The van der Waals surface area contributed by atoms with Crippen LogP contribution < -0.4 is 11.2 Å². The normalized spacial score (nSPS) is 29.1. The summed E-state index contributed by atoms with van der Waals surface area (Å²) in [4.78, 5) is 29.8. The van der Waals surface area contributed by atoms with E-state index in [-0.39, 0.29) is 17.7 Å². The molecule has 4 N–H and O–H groups in total. The molecule has 0 saturated carbocycles. The van der Waals surface area contributed by atoms with Crippen molar-refractivity contribution in [2.45, 2.75) is 31.3 Å². The van der Waals surface area contributed by atoms with Crippen molar-refractivity contribution < 1.29 is 14.9 Å². The van der Waals surface area contributed by atoms with E-state index in [0.717, 1.165) is 0 Å². The number of ether oxygens (including phenoxy) is 1. The van der Waals surface area contributed by atoms with Crippen LogP contribution in [-0.4, -0.2) is 38.6 Å². The average Bonchev–Trinajstić information content (AvgIpc) is 2.72. The number of H-pyrrole nitrogens is 2. The lowest BCUT2D eigenvalue weighted by Crippen LogP contribution is -2.40. The Balaban J connectivity index is 2.45. The van der Waals surface area contributed by atoms with Gasteiger partial charge in [-0.1, -0.05) is 5.11 Å². The fourth-order valence-corrected chi connectivity index (χ4v) is 2.17. The van der Waals surface area contributed by atoms with Crippen LogP contribution in [0.25, 0.3) is 10.4 Å². The van der Waals surface area contributed by atoms with Crippen molar-refractivity contribution in [1.82, 2.24) is 9.97 Å². The maximum atomic E-state index is 11.5. The van der Waals surface area contributed by atoms with Crippen LogP contribution in [0.4, 0.5) is 0 Å². The summed E-state index contributed by atoms with van der Waals surface area (Å²) < 4.78 is 5.38. The van der Waals surface area contributed by atoms with Crippen LogP contribution in [0.15, 0.2) is 14.7 Å². The van der Waals surface area contributed by atoms with Gasteiger partial charge in [0, 0.05) is 16.9 Å². The molecule has 1 unspecified atom stereocenters. The van der Waals surface area contributed by atoms with E-state index in [2.05, 4.69) is 20.0 Å². The summed E-state index contributed by atoms with van der Waals surface area (Å²) in [6, 6.07) is 0. The molecule has 0 amide bonds. The third-order valence-electron chi connectivity index (χ3n) is 3.29. The fourth-order valence-electron chi connectivity index (χ4n) is 2.17. The van der Waals surface area contributed by atoms with Crippen LogP contribution >= 0.6 is 0 Å². The first-order chi connectivity index (χ1) is 9.43. The molecule has 0 spiro atoms. The first-order valence-electron chi connectivity index (χ1n) is 5.79. The molecule has 0 aromatic carbocycles. The fraction of sp³-hybridized carbons (Fsp3) is 0.600. The summed E-state index contributed by atoms with van der Waals surface area (Å²) in [6.45, 7) is 0.757. The molecule has 2 heterocycles. The lowest BCUT2D eigenvalue weighted by molar-refractivity contribution is -0.108. The monoisotopic (exact) mass is 283 g/mol. The Morgan fingerprint density at radius 2 is 2.25 bits per heavy atom. The lowest BCUT2D eigenvalue weighted by atomic mass is 10.0. The second-order valence-corrected chi connectivity index (χ2v) is 4.50. The van der Waals surface area contributed by atoms with Crippen molar-refractivity contribution in [3.63, 3.8) is 0 Å². The SMILES string of the molecule is Cc1c(C2C[C@H](O)[C@](CO)(N=[N+]=[N-])O2)[nH]c(=O)[nH]c1=O. The van der Waals surface area contributed by atoms with E-state index in [1.54, 1.807) is 0 Å². The van der Waals surface area contributed by atoms with Crippen LogP contribution in [0.2, 0.25) is 0 Å². The molecule has 10 heteroatoms. The highest BCUT2D eigenvalue weighted by atomic mass is 16.6. The first kappa shape index (κ1) is 14.3. The maximum absolute atomic E-state index is 11.5. The number of rotatable bonds is 3. The van der Waals surface area contributed by atoms with Gasteiger partial charge in [0.15, 0.2) is 5.72 Å². The number of hydrogen-bond donors (Lipinski definition) is 4. The van der Waals surface area contributed by atoms with Crippen molar-refractivity contribution in [2.75, 3.05) is 6.61 Å². The quantitative estimate of drug-likeness (QED) is 0.323. The minimum absolute atomic E-state index is 0.0280. The Kier molecular flexibility index (Phi) is 3.64. The summed E-state index contributed by atoms with van der Waals surface area (Å²) in [5.41, 5.74) is 5.78. The van der Waals surface area contributed by atoms with E-state index in [4.69, 9.17) is 10.3 Å². The molecule has 0 radical (unpaired) electrons. The number of aliphatic hydroxyl groups excluding tert-OH is 2. The van der Waals surface area contributed by atoms with Crippen LogP contribution in [0.5, 0.6) is 0 Å². The molecule has 0 bridgehead atoms. The molecule has 1 saturated heterocycles. The summed E-state index contributed by atoms with van der Waals surface area (Å²) in [5, 5.41) is 22.5. The topological polar surface area (TPSA) is 164 Å². The number of nitrogens with zero attached hydrogens (tertiary/aromatic N) is 3. The van der Waals surface area contributed by atoms with Crippen molar-refractivity contribution in [2.24, 2.45) is 5.11 Å². The van der Waals surface area contributed by atoms with Crippen molar-refractivity contribution in [3.8, 4) is 0 Å². The minimum Gasteiger partial charge on any atom is -0.393 e. The largest absolute Gasteiger partial charge is 0.393 e. The predicted molar refractivity (Wildman–Crippen MR) is 65.8 cm³/mol. The Labute approximate surface area is 111 Å². The van der Waals surface area contributed by atoms with E-state index in [1.165, 1.54) is 6.92 Å². The lowest BCUT2D eigenvalue weighted by Gasteiger charge is -2.24. The van der Waals surface area contributed by atoms with E-state index >= 15 is 0 Å². The Morgan fingerprint density at radius 1 is 1.55 bits per heavy atom. The van der Waals surface area contributed by atoms with Crippen LogP contribution in [0, 0.1) is 6.92 Å². The minimum atomic E-state index is -1.81. The van der Waals surface area contributed by atoms with Gasteiger partial charge in [-0.05, 0) is 12.5 Å². The molecule has 20 heavy (non-hydrogen) atoms. The Bertz CT molecular complexity index is 675. The third kappa shape index (κ3) is 2.21. The van der Waals surface area contributed by atoms with Gasteiger partial charge in [0.1, 0.15) is 6.10 Å². The molecule has 2 rings (SSSR count). The standard InChI is InChI=1S/C10H13N5O5/c1-4-7(12-9(19)13-8(4)18)5-2-6(17)10(3-16,20-5)14-15-11/h5-6,16-17H,2-3H2,1H3,(H2,12,13,18,19)/t5?,6-,10+/m0/s1. The molecular weight excluding hydrogens is 270 g/mol. The number of aliphatic hydroxyl groups is 2. The van der Waals surface area contributed by atoms with Gasteiger partial charge in [0.2, 0.25) is 0 Å². The van der Waals surface area contributed by atoms with E-state index < -0.39 is 35.8 Å². The zero-order chi connectivity index (χ0) is 14.9. The number of aromatic nitrogens is 2. The van der Waals surface area contributed by atoms with Crippen molar-refractivity contribution >= 4 is 0 Å². The second-order valence-electron chi connectivity index (χ2n) is 4.50. The van der Waals surface area contributed by atoms with E-state index in [0.29, 0.717) is 0 Å². The summed E-state index contributed by atoms with van der Waals surface area (Å²) >= 11 is 0. The van der Waals surface area contributed by atoms with Crippen LogP contribution in [-0.2, 0) is 4.74 Å². The number of hydrogen-bond acceptors (Lipinski definition) is 6. The van der Waals surface area contributed by atoms with Gasteiger partial charge >= 0.3 is 5.69 Å². The summed E-state index contributed by atoms with van der Waals surface area (Å²) in [6.07, 6.45) is -2.15. The smallest absolute Gasteiger partial charge is 0.325 e. The molecule has 1 fully saturated rings. The summed E-state index contributed by atoms with van der Waals surface area (Å²) in [5.74, 6) is 0. The molecule has 1 aliphatic heterocycles. The van der Waals surface area contributed by atoms with Crippen molar-refractivity contribution in [3.05, 3.63) is 42.5 Å². The molecule has 108 valence electrons. The number of nitrogens with one attached hydrogen (secondary N) is 2. The second kappa shape index (κ2) is 5.10. The zero-order valence-corrected chi connectivity index (χ0v) is 10.5. The molecule has 1 aliphatic rings. The van der Waals surface area contributed by atoms with Gasteiger partial charge in [-0.2, -0.15) is 0 Å². The molecule has 1 aromatic heterocycles. The van der Waals surface area contributed by atoms with Crippen LogP contribution in [0.3, 0.4) is 0 Å². The highest BCUT2D eigenvalue weighted by molar-refractivity contribution is 5.19. The van der Waals surface area contributed by atoms with Gasteiger partial charge in [-0.15, -0.1) is 0 Å². The number of azide groups is 1. The van der Waals surface area contributed by atoms with Crippen molar-refractivity contribution in [1.29, 1.82) is 0 Å². The highest BCUT2D eigenvalue weighted by Gasteiger charge is 2.48. The highest BCUT2D eigenvalue weighted by Crippen LogP contribution is 2.40. The van der Waals surface area contributed by atoms with Gasteiger partial charge in [-0.25, -0.2) is 4.79 Å². The van der Waals surface area contributed by atoms with Gasteiger partial charge in [-0.3, -0.25) is 9.78 Å². The van der Waals surface area contributed by atoms with E-state index in [9.17, 15) is 19.8 Å². The van der Waals surface area contributed by atoms with Crippen LogP contribution in [0.1, 0.15) is 23.8 Å². The number of aromatic amines is 2. The molecule has 3 atom stereocenters. The molecule has 0 aliphatic carbocycles. The predicted octanol–water partition coefficient (Wildman–Crippen LogP) is -0.807. The summed E-state index contributed by atoms with van der Waals surface area (Å²) in [7, 11) is 0. The Hall–Kier alpha value is -2.13. The van der Waals surface area contributed by atoms with Gasteiger partial charge in [0.05, 0.1) is 18.4 Å². The molecule has 10 nitrogen and oxygen atoms in total. The maximum Gasteiger partial charge on any atom is 0.325 e.